The summed E-state index contributed by atoms with van der Waals surface area (Å²) < 4.78 is 0. The highest BCUT2D eigenvalue weighted by Crippen LogP contribution is 1.88. The van der Waals surface area contributed by atoms with Crippen LogP contribution in [0.15, 0.2) is 22.4 Å². The lowest BCUT2D eigenvalue weighted by Gasteiger charge is -1.99. The van der Waals surface area contributed by atoms with Crippen LogP contribution in [0.5, 0.6) is 0 Å². The minimum Gasteiger partial charge on any atom is -0.258 e. The zero-order chi connectivity index (χ0) is 8.53. The van der Waals surface area contributed by atoms with Gasteiger partial charge in [0.15, 0.2) is 0 Å². The Balaban J connectivity index is 3.50. The van der Waals surface area contributed by atoms with E-state index >= 15 is 0 Å². The first kappa shape index (κ1) is 9.88. The van der Waals surface area contributed by atoms with E-state index in [2.05, 4.69) is 23.7 Å². The first-order valence-corrected chi connectivity index (χ1v) is 3.69. The number of hydrazone groups is 1. The van der Waals surface area contributed by atoms with Gasteiger partial charge in [-0.25, -0.2) is 4.99 Å². The third-order valence-corrected chi connectivity index (χ3v) is 1.10. The maximum Gasteiger partial charge on any atom is 0.111 e. The van der Waals surface area contributed by atoms with Gasteiger partial charge in [-0.1, -0.05) is 19.4 Å². The van der Waals surface area contributed by atoms with Crippen molar-refractivity contribution in [3.8, 4) is 0 Å². The molecule has 0 aromatic carbocycles. The summed E-state index contributed by atoms with van der Waals surface area (Å²) in [5.41, 5.74) is 0. The Morgan fingerprint density at radius 3 is 2.82 bits per heavy atom. The van der Waals surface area contributed by atoms with Crippen molar-refractivity contribution in [1.29, 1.82) is 0 Å². The number of aliphatic imine (C=N–C) groups is 1. The normalized spacial score (nSPS) is 11.1. The molecule has 0 bridgehead atoms. The molecule has 0 saturated heterocycles. The monoisotopic (exact) mass is 153 g/mol. The van der Waals surface area contributed by atoms with E-state index in [-0.39, 0.29) is 0 Å². The lowest BCUT2D eigenvalue weighted by molar-refractivity contribution is 0.567. The number of hydrogen-bond acceptors (Lipinski definition) is 2. The molecule has 62 valence electrons. The van der Waals surface area contributed by atoms with E-state index in [1.165, 1.54) is 0 Å². The van der Waals surface area contributed by atoms with Crippen molar-refractivity contribution in [3.05, 3.63) is 12.3 Å². The molecule has 0 heterocycles. The van der Waals surface area contributed by atoms with E-state index in [4.69, 9.17) is 0 Å². The van der Waals surface area contributed by atoms with Crippen LogP contribution in [-0.4, -0.2) is 25.1 Å². The fraction of sp³-hybridized carbons (Fsp3) is 0.500. The van der Waals surface area contributed by atoms with Gasteiger partial charge in [0.2, 0.25) is 0 Å². The Morgan fingerprint density at radius 2 is 2.27 bits per heavy atom. The Labute approximate surface area is 68.1 Å². The van der Waals surface area contributed by atoms with Crippen LogP contribution >= 0.6 is 0 Å². The van der Waals surface area contributed by atoms with Crippen molar-refractivity contribution in [2.24, 2.45) is 10.1 Å². The highest BCUT2D eigenvalue weighted by Gasteiger charge is 1.76. The molecule has 0 aliphatic heterocycles. The van der Waals surface area contributed by atoms with E-state index in [1.807, 2.05) is 6.08 Å². The number of unbranched alkanes of at least 4 members (excludes halogenated alkanes) is 1. The van der Waals surface area contributed by atoms with Gasteiger partial charge in [-0.15, -0.1) is 0 Å². The predicted molar refractivity (Wildman–Crippen MR) is 49.9 cm³/mol. The molecule has 0 aliphatic rings. The van der Waals surface area contributed by atoms with Gasteiger partial charge in [-0.05, 0) is 6.42 Å². The Bertz CT molecular complexity index is 149. The summed E-state index contributed by atoms with van der Waals surface area (Å²) in [6.07, 6.45) is 7.63. The molecule has 11 heavy (non-hydrogen) atoms. The summed E-state index contributed by atoms with van der Waals surface area (Å²) in [5.74, 6) is 0. The summed E-state index contributed by atoms with van der Waals surface area (Å²) in [5, 5.41) is 5.16. The molecule has 0 spiro atoms. The van der Waals surface area contributed by atoms with E-state index in [0.29, 0.717) is 0 Å². The molecule has 0 rings (SSSR count). The van der Waals surface area contributed by atoms with Crippen LogP contribution in [-0.2, 0) is 0 Å². The zero-order valence-corrected chi connectivity index (χ0v) is 7.20. The summed E-state index contributed by atoms with van der Waals surface area (Å²) in [7, 11) is 1.78. The molecule has 3 heteroatoms. The van der Waals surface area contributed by atoms with Gasteiger partial charge >= 0.3 is 0 Å². The van der Waals surface area contributed by atoms with Gasteiger partial charge in [0.25, 0.3) is 0 Å². The Hall–Kier alpha value is -1.12. The summed E-state index contributed by atoms with van der Waals surface area (Å²) >= 11 is 0. The van der Waals surface area contributed by atoms with Gasteiger partial charge in [0.1, 0.15) is 6.34 Å². The molecule has 0 N–H and O–H groups in total. The van der Waals surface area contributed by atoms with Crippen molar-refractivity contribution in [1.82, 2.24) is 5.01 Å². The first-order chi connectivity index (χ1) is 5.31. The van der Waals surface area contributed by atoms with Crippen LogP contribution in [0.3, 0.4) is 0 Å². The number of nitrogens with zero attached hydrogens (tertiary/aromatic N) is 3. The molecule has 0 saturated carbocycles. The smallest absolute Gasteiger partial charge is 0.111 e. The molecule has 3 nitrogen and oxygen atoms in total. The Morgan fingerprint density at radius 1 is 1.55 bits per heavy atom. The van der Waals surface area contributed by atoms with Gasteiger partial charge in [0.05, 0.1) is 0 Å². The second kappa shape index (κ2) is 6.99. The van der Waals surface area contributed by atoms with Crippen molar-refractivity contribution in [3.63, 3.8) is 0 Å². The molecule has 0 radical (unpaired) electrons. The van der Waals surface area contributed by atoms with E-state index in [1.54, 1.807) is 24.6 Å². The average molecular weight is 153 g/mol. The molecule has 0 aromatic heterocycles. The molecule has 0 amide bonds. The van der Waals surface area contributed by atoms with Crippen LogP contribution < -0.4 is 0 Å². The maximum absolute atomic E-state index is 3.97. The average Bonchev–Trinajstić information content (AvgIpc) is 2.04. The van der Waals surface area contributed by atoms with Gasteiger partial charge in [-0.2, -0.15) is 5.10 Å². The number of hydrogen-bond donors (Lipinski definition) is 0. The largest absolute Gasteiger partial charge is 0.258 e. The van der Waals surface area contributed by atoms with Crippen LogP contribution in [0.1, 0.15) is 19.8 Å². The minimum atomic E-state index is 1.07. The number of rotatable bonds is 5. The van der Waals surface area contributed by atoms with Crippen molar-refractivity contribution < 1.29 is 0 Å². The second-order valence-electron chi connectivity index (χ2n) is 2.15. The van der Waals surface area contributed by atoms with Crippen LogP contribution in [0.2, 0.25) is 0 Å². The van der Waals surface area contributed by atoms with Crippen LogP contribution in [0.4, 0.5) is 0 Å². The fourth-order valence-electron chi connectivity index (χ4n) is 0.474. The quantitative estimate of drug-likeness (QED) is 0.336. The van der Waals surface area contributed by atoms with Gasteiger partial charge in [-0.3, -0.25) is 5.01 Å². The Kier molecular flexibility index (Phi) is 6.28. The summed E-state index contributed by atoms with van der Waals surface area (Å²) in [6.45, 7) is 5.47. The van der Waals surface area contributed by atoms with Gasteiger partial charge in [0, 0.05) is 20.0 Å². The van der Waals surface area contributed by atoms with Crippen LogP contribution in [0.25, 0.3) is 0 Å². The van der Waals surface area contributed by atoms with Crippen LogP contribution in [0, 0.1) is 0 Å². The van der Waals surface area contributed by atoms with E-state index in [9.17, 15) is 0 Å². The molecule has 0 unspecified atom stereocenters. The molecular formula is C8H15N3. The minimum absolute atomic E-state index is 1.07. The summed E-state index contributed by atoms with van der Waals surface area (Å²) in [6, 6.07) is 0. The third-order valence-electron chi connectivity index (χ3n) is 1.10. The molecular weight excluding hydrogens is 138 g/mol. The molecule has 0 aliphatic carbocycles. The highest BCUT2D eigenvalue weighted by molar-refractivity contribution is 5.55. The van der Waals surface area contributed by atoms with E-state index < -0.39 is 0 Å². The molecule has 0 fully saturated rings. The SMILES string of the molecule is C=NN(C)C=N/C=C\CCC. The van der Waals surface area contributed by atoms with Gasteiger partial charge < -0.3 is 0 Å². The third kappa shape index (κ3) is 6.77. The predicted octanol–water partition coefficient (Wildman–Crippen LogP) is 1.88. The molecule has 0 aromatic rings. The first-order valence-electron chi connectivity index (χ1n) is 3.69. The van der Waals surface area contributed by atoms with Crippen molar-refractivity contribution in [2.75, 3.05) is 7.05 Å². The topological polar surface area (TPSA) is 28.0 Å². The molecule has 0 atom stereocenters. The van der Waals surface area contributed by atoms with Crippen molar-refractivity contribution >= 4 is 13.1 Å². The zero-order valence-electron chi connectivity index (χ0n) is 7.20. The second-order valence-corrected chi connectivity index (χ2v) is 2.15. The standard InChI is InChI=1S/C8H15N3/c1-4-5-6-7-10-8-11(3)9-2/h6-8H,2,4-5H2,1,3H3/b7-6-,10-8?. The maximum atomic E-state index is 3.97. The highest BCUT2D eigenvalue weighted by atomic mass is 15.4. The lowest BCUT2D eigenvalue weighted by atomic mass is 10.3. The fourth-order valence-corrected chi connectivity index (χ4v) is 0.474. The van der Waals surface area contributed by atoms with Crippen molar-refractivity contribution in [2.45, 2.75) is 19.8 Å². The lowest BCUT2D eigenvalue weighted by Crippen LogP contribution is -2.05. The number of allylic oxidation sites excluding steroid dienone is 1. The summed E-state index contributed by atoms with van der Waals surface area (Å²) in [4.78, 5) is 3.97. The van der Waals surface area contributed by atoms with E-state index in [0.717, 1.165) is 12.8 Å².